The Morgan fingerprint density at radius 1 is 0.886 bits per heavy atom. The first-order valence-electron chi connectivity index (χ1n) is 15.7. The summed E-state index contributed by atoms with van der Waals surface area (Å²) in [5.74, 6) is -2.06. The number of carboxylic acids is 1. The van der Waals surface area contributed by atoms with Crippen LogP contribution in [0.25, 0.3) is 10.8 Å². The van der Waals surface area contributed by atoms with E-state index < -0.39 is 29.2 Å². The fourth-order valence-electron chi connectivity index (χ4n) is 7.40. The summed E-state index contributed by atoms with van der Waals surface area (Å²) in [6.07, 6.45) is 3.24. The Kier molecular flexibility index (Phi) is 9.08. The predicted octanol–water partition coefficient (Wildman–Crippen LogP) is 6.81. The Bertz CT molecular complexity index is 1580. The molecular formula is C37H40F2N2O3. The smallest absolute Gasteiger partial charge is 0.325 e. The molecule has 7 heteroatoms. The summed E-state index contributed by atoms with van der Waals surface area (Å²) >= 11 is 0. The molecule has 230 valence electrons. The van der Waals surface area contributed by atoms with Crippen molar-refractivity contribution in [3.8, 4) is 0 Å². The number of aryl methyl sites for hydroxylation is 1. The van der Waals surface area contributed by atoms with Crippen molar-refractivity contribution in [1.29, 1.82) is 0 Å². The molecule has 0 saturated carbocycles. The van der Waals surface area contributed by atoms with Gasteiger partial charge in [0.15, 0.2) is 11.6 Å². The largest absolute Gasteiger partial charge is 0.480 e. The maximum atomic E-state index is 13.6. The van der Waals surface area contributed by atoms with Gasteiger partial charge in [-0.1, -0.05) is 78.9 Å². The molecule has 2 heterocycles. The van der Waals surface area contributed by atoms with Gasteiger partial charge in [0.25, 0.3) is 0 Å². The van der Waals surface area contributed by atoms with E-state index in [1.807, 2.05) is 48.5 Å². The summed E-state index contributed by atoms with van der Waals surface area (Å²) in [6.45, 7) is 3.71. The van der Waals surface area contributed by atoms with Crippen molar-refractivity contribution in [3.63, 3.8) is 0 Å². The maximum absolute atomic E-state index is 13.6. The van der Waals surface area contributed by atoms with E-state index in [1.54, 1.807) is 6.07 Å². The van der Waals surface area contributed by atoms with Gasteiger partial charge >= 0.3 is 5.97 Å². The number of rotatable bonds is 10. The van der Waals surface area contributed by atoms with Crippen LogP contribution in [0.2, 0.25) is 0 Å². The van der Waals surface area contributed by atoms with E-state index in [0.29, 0.717) is 45.2 Å². The Morgan fingerprint density at radius 2 is 1.61 bits per heavy atom. The summed E-state index contributed by atoms with van der Waals surface area (Å²) in [6, 6.07) is 27.6. The third kappa shape index (κ3) is 6.70. The molecule has 0 bridgehead atoms. The lowest BCUT2D eigenvalue weighted by atomic mass is 9.84. The molecule has 0 aromatic heterocycles. The number of fused-ring (bicyclic) bond motifs is 1. The molecule has 4 aromatic carbocycles. The summed E-state index contributed by atoms with van der Waals surface area (Å²) < 4.78 is 26.8. The zero-order valence-corrected chi connectivity index (χ0v) is 24.9. The van der Waals surface area contributed by atoms with E-state index in [-0.39, 0.29) is 11.8 Å². The molecule has 2 aliphatic rings. The topological polar surface area (TPSA) is 64.0 Å². The zero-order valence-electron chi connectivity index (χ0n) is 24.9. The summed E-state index contributed by atoms with van der Waals surface area (Å²) in [5, 5.41) is 23.8. The number of nitrogens with zero attached hydrogens (tertiary/aromatic N) is 2. The lowest BCUT2D eigenvalue weighted by molar-refractivity contribution is -0.143. The molecule has 2 N–H and O–H groups in total. The van der Waals surface area contributed by atoms with Crippen LogP contribution in [-0.2, 0) is 11.2 Å². The zero-order chi connectivity index (χ0) is 30.7. The summed E-state index contributed by atoms with van der Waals surface area (Å²) in [4.78, 5) is 17.4. The molecule has 0 amide bonds. The molecule has 0 radical (unpaired) electrons. The molecule has 0 aliphatic carbocycles. The molecule has 0 spiro atoms. The van der Waals surface area contributed by atoms with Gasteiger partial charge in [-0.2, -0.15) is 0 Å². The maximum Gasteiger partial charge on any atom is 0.325 e. The van der Waals surface area contributed by atoms with Crippen molar-refractivity contribution < 1.29 is 23.8 Å². The van der Waals surface area contributed by atoms with E-state index in [0.717, 1.165) is 47.6 Å². The van der Waals surface area contributed by atoms with Gasteiger partial charge in [-0.15, -0.1) is 0 Å². The minimum absolute atomic E-state index is 0.199. The van der Waals surface area contributed by atoms with Crippen LogP contribution in [0, 0.1) is 17.6 Å². The Hall–Kier alpha value is -3.65. The van der Waals surface area contributed by atoms with Crippen molar-refractivity contribution in [2.24, 2.45) is 5.92 Å². The predicted molar refractivity (Wildman–Crippen MR) is 168 cm³/mol. The van der Waals surface area contributed by atoms with Crippen molar-refractivity contribution in [3.05, 3.63) is 119 Å². The number of carboxylic acid groups (broad SMARTS) is 1. The van der Waals surface area contributed by atoms with Gasteiger partial charge in [-0.25, -0.2) is 8.78 Å². The summed E-state index contributed by atoms with van der Waals surface area (Å²) in [5.41, 5.74) is 2.03. The highest BCUT2D eigenvalue weighted by Gasteiger charge is 2.42. The van der Waals surface area contributed by atoms with Crippen molar-refractivity contribution >= 4 is 16.7 Å². The molecule has 2 fully saturated rings. The number of halogens is 2. The molecule has 6 rings (SSSR count). The normalized spacial score (nSPS) is 21.4. The van der Waals surface area contributed by atoms with Gasteiger partial charge in [-0.05, 0) is 77.6 Å². The SMILES string of the molecule is O=C(O)C(c1cccc2ccccc12)N1CC(CN2CCC(O)(CCCc3ccc(F)c(F)c3)CC2)C(c2ccccc2)C1. The highest BCUT2D eigenvalue weighted by atomic mass is 19.2. The fraction of sp³-hybridized carbons (Fsp3) is 0.378. The third-order valence-electron chi connectivity index (χ3n) is 9.79. The first kappa shape index (κ1) is 30.4. The first-order chi connectivity index (χ1) is 21.3. The number of piperidine rings is 1. The van der Waals surface area contributed by atoms with E-state index >= 15 is 0 Å². The van der Waals surface area contributed by atoms with Crippen LogP contribution in [-0.4, -0.2) is 64.3 Å². The fourth-order valence-corrected chi connectivity index (χ4v) is 7.40. The number of hydrogen-bond acceptors (Lipinski definition) is 4. The molecule has 44 heavy (non-hydrogen) atoms. The molecule has 3 unspecified atom stereocenters. The number of benzene rings is 4. The second-order valence-electron chi connectivity index (χ2n) is 12.7. The number of aliphatic carboxylic acids is 1. The van der Waals surface area contributed by atoms with Crippen LogP contribution in [0.1, 0.15) is 54.3 Å². The molecule has 3 atom stereocenters. The van der Waals surface area contributed by atoms with E-state index in [4.69, 9.17) is 0 Å². The number of likely N-dealkylation sites (tertiary alicyclic amines) is 2. The van der Waals surface area contributed by atoms with Gasteiger partial charge in [0.1, 0.15) is 6.04 Å². The monoisotopic (exact) mass is 598 g/mol. The van der Waals surface area contributed by atoms with Gasteiger partial charge in [0.2, 0.25) is 0 Å². The average molecular weight is 599 g/mol. The average Bonchev–Trinajstić information content (AvgIpc) is 3.43. The van der Waals surface area contributed by atoms with Gasteiger partial charge in [-0.3, -0.25) is 9.69 Å². The minimum atomic E-state index is -0.841. The molecule has 4 aromatic rings. The number of hydrogen-bond donors (Lipinski definition) is 2. The van der Waals surface area contributed by atoms with E-state index in [9.17, 15) is 23.8 Å². The Morgan fingerprint density at radius 3 is 2.36 bits per heavy atom. The second-order valence-corrected chi connectivity index (χ2v) is 12.7. The van der Waals surface area contributed by atoms with Crippen LogP contribution in [0.4, 0.5) is 8.78 Å². The van der Waals surface area contributed by atoms with Crippen molar-refractivity contribution in [2.75, 3.05) is 32.7 Å². The lowest BCUT2D eigenvalue weighted by Gasteiger charge is -2.40. The van der Waals surface area contributed by atoms with Gasteiger partial charge < -0.3 is 15.1 Å². The van der Waals surface area contributed by atoms with Crippen LogP contribution >= 0.6 is 0 Å². The van der Waals surface area contributed by atoms with Crippen molar-refractivity contribution in [1.82, 2.24) is 9.80 Å². The van der Waals surface area contributed by atoms with Crippen LogP contribution in [0.15, 0.2) is 91.0 Å². The lowest BCUT2D eigenvalue weighted by Crippen LogP contribution is -2.46. The van der Waals surface area contributed by atoms with Crippen LogP contribution < -0.4 is 0 Å². The standard InChI is InChI=1S/C37H40F2N2O3/c38-33-16-15-26(22-34(33)39)8-7-17-37(44)18-20-40(21-19-37)23-29-24-41(25-32(29)28-9-2-1-3-10-28)35(36(42)43)31-14-6-12-27-11-4-5-13-30(27)31/h1-6,9-16,22,29,32,35,44H,7-8,17-21,23-25H2,(H,42,43). The molecule has 5 nitrogen and oxygen atoms in total. The molecule has 2 aliphatic heterocycles. The Balaban J connectivity index is 1.13. The summed E-state index contributed by atoms with van der Waals surface area (Å²) in [7, 11) is 0. The van der Waals surface area contributed by atoms with Crippen LogP contribution in [0.5, 0.6) is 0 Å². The number of aliphatic hydroxyl groups is 1. The van der Waals surface area contributed by atoms with Crippen LogP contribution in [0.3, 0.4) is 0 Å². The number of carbonyl (C=O) groups is 1. The first-order valence-corrected chi connectivity index (χ1v) is 15.7. The van der Waals surface area contributed by atoms with Gasteiger partial charge in [0.05, 0.1) is 5.60 Å². The van der Waals surface area contributed by atoms with Crippen molar-refractivity contribution in [2.45, 2.75) is 49.7 Å². The Labute approximate surface area is 257 Å². The molecular weight excluding hydrogens is 558 g/mol. The minimum Gasteiger partial charge on any atom is -0.480 e. The quantitative estimate of drug-likeness (QED) is 0.210. The van der Waals surface area contributed by atoms with E-state index in [1.165, 1.54) is 11.6 Å². The van der Waals surface area contributed by atoms with Gasteiger partial charge in [0, 0.05) is 38.6 Å². The second kappa shape index (κ2) is 13.1. The highest BCUT2D eigenvalue weighted by molar-refractivity contribution is 5.90. The van der Waals surface area contributed by atoms with E-state index in [2.05, 4.69) is 34.1 Å². The molecule has 2 saturated heterocycles. The third-order valence-corrected chi connectivity index (χ3v) is 9.79. The highest BCUT2D eigenvalue weighted by Crippen LogP contribution is 2.40.